The molecule has 3 rings (SSSR count). The van der Waals surface area contributed by atoms with Crippen LogP contribution in [0.3, 0.4) is 0 Å². The van der Waals surface area contributed by atoms with Crippen molar-refractivity contribution in [1.29, 1.82) is 0 Å². The minimum atomic E-state index is 0. The Hall–Kier alpha value is -1.71. The number of nitrogens with zero attached hydrogens (tertiary/aromatic N) is 2. The highest BCUT2D eigenvalue weighted by atomic mass is 35.5. The Morgan fingerprint density at radius 3 is 2.80 bits per heavy atom. The third-order valence-corrected chi connectivity index (χ3v) is 3.38. The topological polar surface area (TPSA) is 27.1 Å². The molecule has 0 aliphatic heterocycles. The van der Waals surface area contributed by atoms with Crippen LogP contribution in [-0.4, -0.2) is 16.2 Å². The molecule has 104 valence electrons. The maximum absolute atomic E-state index is 6.36. The van der Waals surface area contributed by atoms with E-state index < -0.39 is 0 Å². The Morgan fingerprint density at radius 1 is 1.15 bits per heavy atom. The van der Waals surface area contributed by atoms with E-state index >= 15 is 0 Å². The summed E-state index contributed by atoms with van der Waals surface area (Å²) in [6.07, 6.45) is 5.43. The predicted molar refractivity (Wildman–Crippen MR) is 83.9 cm³/mol. The molecule has 0 fully saturated rings. The van der Waals surface area contributed by atoms with E-state index in [1.165, 1.54) is 0 Å². The molecule has 5 heteroatoms. The van der Waals surface area contributed by atoms with Crippen LogP contribution in [0.2, 0.25) is 5.02 Å². The maximum atomic E-state index is 6.36. The highest BCUT2D eigenvalue weighted by molar-refractivity contribution is 6.37. The van der Waals surface area contributed by atoms with Crippen LogP contribution in [0.4, 0.5) is 0 Å². The summed E-state index contributed by atoms with van der Waals surface area (Å²) in [6.45, 7) is 1.32. The molecule has 0 aliphatic rings. The maximum Gasteiger partial charge on any atom is 0.138 e. The van der Waals surface area contributed by atoms with Crippen molar-refractivity contribution in [2.24, 2.45) is 0 Å². The van der Waals surface area contributed by atoms with Crippen molar-refractivity contribution < 1.29 is 4.74 Å². The average Bonchev–Trinajstić information content (AvgIpc) is 2.95. The first-order chi connectivity index (χ1) is 9.34. The van der Waals surface area contributed by atoms with Crippen LogP contribution in [0.1, 0.15) is 0 Å². The van der Waals surface area contributed by atoms with E-state index in [4.69, 9.17) is 16.3 Å². The molecule has 3 nitrogen and oxygen atoms in total. The van der Waals surface area contributed by atoms with Crippen LogP contribution in [0.25, 0.3) is 10.8 Å². The fraction of sp³-hybridized carbons (Fsp3) is 0.133. The number of rotatable bonds is 4. The zero-order valence-electron chi connectivity index (χ0n) is 10.7. The van der Waals surface area contributed by atoms with Gasteiger partial charge in [-0.15, -0.1) is 12.4 Å². The van der Waals surface area contributed by atoms with Gasteiger partial charge in [0.2, 0.25) is 0 Å². The van der Waals surface area contributed by atoms with Gasteiger partial charge in [-0.05, 0) is 11.5 Å². The summed E-state index contributed by atoms with van der Waals surface area (Å²) < 4.78 is 7.70. The number of hydrogen-bond acceptors (Lipinski definition) is 2. The van der Waals surface area contributed by atoms with E-state index in [1.807, 2.05) is 47.2 Å². The van der Waals surface area contributed by atoms with Gasteiger partial charge in [0.05, 0.1) is 17.9 Å². The fourth-order valence-corrected chi connectivity index (χ4v) is 2.29. The molecule has 1 heterocycles. The van der Waals surface area contributed by atoms with Crippen molar-refractivity contribution >= 4 is 34.8 Å². The Balaban J connectivity index is 0.00000147. The molecule has 2 aromatic carbocycles. The molecule has 20 heavy (non-hydrogen) atoms. The second-order valence-electron chi connectivity index (χ2n) is 4.25. The average molecular weight is 309 g/mol. The lowest BCUT2D eigenvalue weighted by Gasteiger charge is -2.10. The second kappa shape index (κ2) is 6.64. The highest BCUT2D eigenvalue weighted by Gasteiger charge is 2.06. The Bertz CT molecular complexity index is 683. The highest BCUT2D eigenvalue weighted by Crippen LogP contribution is 2.32. The number of ether oxygens (including phenoxy) is 1. The van der Waals surface area contributed by atoms with Crippen molar-refractivity contribution in [3.63, 3.8) is 0 Å². The molecule has 0 amide bonds. The molecule has 0 bridgehead atoms. The van der Waals surface area contributed by atoms with Crippen LogP contribution in [0.15, 0.2) is 55.1 Å². The summed E-state index contributed by atoms with van der Waals surface area (Å²) >= 11 is 6.36. The molecular weight excluding hydrogens is 295 g/mol. The van der Waals surface area contributed by atoms with Crippen molar-refractivity contribution in [2.75, 3.05) is 6.61 Å². The minimum Gasteiger partial charge on any atom is -0.490 e. The molecule has 0 aliphatic carbocycles. The van der Waals surface area contributed by atoms with E-state index in [0.29, 0.717) is 11.6 Å². The van der Waals surface area contributed by atoms with E-state index in [-0.39, 0.29) is 12.4 Å². The molecule has 0 saturated heterocycles. The van der Waals surface area contributed by atoms with Crippen LogP contribution in [0, 0.1) is 0 Å². The largest absolute Gasteiger partial charge is 0.490 e. The van der Waals surface area contributed by atoms with Gasteiger partial charge >= 0.3 is 0 Å². The quantitative estimate of drug-likeness (QED) is 0.722. The summed E-state index contributed by atoms with van der Waals surface area (Å²) in [5, 5.41) is 2.81. The molecule has 0 unspecified atom stereocenters. The number of benzene rings is 2. The number of hydrogen-bond donors (Lipinski definition) is 0. The van der Waals surface area contributed by atoms with Crippen LogP contribution in [-0.2, 0) is 6.54 Å². The van der Waals surface area contributed by atoms with Crippen molar-refractivity contribution in [3.8, 4) is 5.75 Å². The normalized spacial score (nSPS) is 10.2. The fourth-order valence-electron chi connectivity index (χ4n) is 2.01. The lowest BCUT2D eigenvalue weighted by atomic mass is 10.1. The van der Waals surface area contributed by atoms with Gasteiger partial charge in [0, 0.05) is 17.8 Å². The summed E-state index contributed by atoms with van der Waals surface area (Å²) in [7, 11) is 0. The van der Waals surface area contributed by atoms with Crippen LogP contribution >= 0.6 is 24.0 Å². The Labute approximate surface area is 128 Å². The molecule has 0 N–H and O–H groups in total. The molecule has 0 atom stereocenters. The third kappa shape index (κ3) is 3.06. The standard InChI is InChI=1S/C15H13ClN2O.ClH/c16-15-13-4-2-1-3-12(13)5-6-14(15)19-10-9-18-8-7-17-11-18;/h1-8,11H,9-10H2;1H. The Morgan fingerprint density at radius 2 is 2.00 bits per heavy atom. The predicted octanol–water partition coefficient (Wildman–Crippen LogP) is 4.19. The molecule has 0 radical (unpaired) electrons. The Kier molecular flexibility index (Phi) is 4.88. The molecule has 3 aromatic rings. The van der Waals surface area contributed by atoms with Gasteiger partial charge < -0.3 is 9.30 Å². The summed E-state index contributed by atoms with van der Waals surface area (Å²) in [4.78, 5) is 3.99. The van der Waals surface area contributed by atoms with Gasteiger partial charge in [-0.3, -0.25) is 0 Å². The smallest absolute Gasteiger partial charge is 0.138 e. The zero-order chi connectivity index (χ0) is 13.1. The summed E-state index contributed by atoms with van der Waals surface area (Å²) in [6, 6.07) is 11.9. The number of aromatic nitrogens is 2. The second-order valence-corrected chi connectivity index (χ2v) is 4.63. The minimum absolute atomic E-state index is 0. The van der Waals surface area contributed by atoms with Gasteiger partial charge in [-0.2, -0.15) is 0 Å². The molecular formula is C15H14Cl2N2O. The first-order valence-corrected chi connectivity index (χ1v) is 6.48. The lowest BCUT2D eigenvalue weighted by molar-refractivity contribution is 0.299. The first-order valence-electron chi connectivity index (χ1n) is 6.10. The van der Waals surface area contributed by atoms with Crippen molar-refractivity contribution in [1.82, 2.24) is 9.55 Å². The molecule has 0 saturated carbocycles. The van der Waals surface area contributed by atoms with E-state index in [2.05, 4.69) is 4.98 Å². The SMILES string of the molecule is Cl.Clc1c(OCCn2ccnc2)ccc2ccccc12. The van der Waals surface area contributed by atoms with Gasteiger partial charge in [0.1, 0.15) is 12.4 Å². The van der Waals surface area contributed by atoms with E-state index in [9.17, 15) is 0 Å². The number of halogens is 2. The van der Waals surface area contributed by atoms with Crippen molar-refractivity contribution in [2.45, 2.75) is 6.54 Å². The van der Waals surface area contributed by atoms with E-state index in [0.717, 1.165) is 23.1 Å². The monoisotopic (exact) mass is 308 g/mol. The third-order valence-electron chi connectivity index (χ3n) is 2.99. The first kappa shape index (κ1) is 14.7. The van der Waals surface area contributed by atoms with Gasteiger partial charge in [0.15, 0.2) is 0 Å². The van der Waals surface area contributed by atoms with Gasteiger partial charge in [-0.25, -0.2) is 4.98 Å². The zero-order valence-corrected chi connectivity index (χ0v) is 12.3. The van der Waals surface area contributed by atoms with E-state index in [1.54, 1.807) is 12.5 Å². The summed E-state index contributed by atoms with van der Waals surface area (Å²) in [5.74, 6) is 0.723. The van der Waals surface area contributed by atoms with Gasteiger partial charge in [-0.1, -0.05) is 41.9 Å². The number of fused-ring (bicyclic) bond motifs is 1. The van der Waals surface area contributed by atoms with Crippen molar-refractivity contribution in [3.05, 3.63) is 60.1 Å². The summed E-state index contributed by atoms with van der Waals surface area (Å²) in [5.41, 5.74) is 0. The molecule has 1 aromatic heterocycles. The van der Waals surface area contributed by atoms with Crippen LogP contribution < -0.4 is 4.74 Å². The lowest BCUT2D eigenvalue weighted by Crippen LogP contribution is -2.06. The van der Waals surface area contributed by atoms with Crippen LogP contribution in [0.5, 0.6) is 5.75 Å². The van der Waals surface area contributed by atoms with Gasteiger partial charge in [0.25, 0.3) is 0 Å². The number of imidazole rings is 1. The molecule has 0 spiro atoms.